The van der Waals surface area contributed by atoms with Crippen LogP contribution in [0.3, 0.4) is 0 Å². The summed E-state index contributed by atoms with van der Waals surface area (Å²) in [5, 5.41) is 3.60. The van der Waals surface area contributed by atoms with Crippen LogP contribution in [0.2, 0.25) is 0 Å². The van der Waals surface area contributed by atoms with Crippen molar-refractivity contribution in [3.63, 3.8) is 0 Å². The van der Waals surface area contributed by atoms with Crippen molar-refractivity contribution in [2.75, 3.05) is 13.2 Å². The zero-order chi connectivity index (χ0) is 11.9. The molecule has 1 aliphatic carbocycles. The van der Waals surface area contributed by atoms with Crippen LogP contribution >= 0.6 is 0 Å². The van der Waals surface area contributed by atoms with E-state index in [0.29, 0.717) is 19.2 Å². The number of ether oxygens (including phenoxy) is 1. The van der Waals surface area contributed by atoms with Crippen molar-refractivity contribution < 1.29 is 4.74 Å². The van der Waals surface area contributed by atoms with Crippen LogP contribution in [-0.2, 0) is 6.54 Å². The zero-order valence-corrected chi connectivity index (χ0v) is 10.3. The Bertz CT molecular complexity index is 335. The standard InChI is InChI=1S/C14H22N2O/c15-8-9-17-14-7-3-4-12(10-14)11-16-13-5-1-2-6-13/h3-4,7,10,13,16H,1-2,5-6,8-9,11,15H2. The van der Waals surface area contributed by atoms with E-state index in [-0.39, 0.29) is 0 Å². The Morgan fingerprint density at radius 1 is 1.29 bits per heavy atom. The molecule has 94 valence electrons. The third-order valence-electron chi connectivity index (χ3n) is 3.24. The fourth-order valence-electron chi connectivity index (χ4n) is 2.31. The van der Waals surface area contributed by atoms with E-state index in [1.54, 1.807) is 0 Å². The Labute approximate surface area is 103 Å². The summed E-state index contributed by atoms with van der Waals surface area (Å²) in [6.07, 6.45) is 5.39. The maximum atomic E-state index is 5.51. The molecule has 2 rings (SSSR count). The predicted octanol–water partition coefficient (Wildman–Crippen LogP) is 2.06. The summed E-state index contributed by atoms with van der Waals surface area (Å²) < 4.78 is 5.51. The van der Waals surface area contributed by atoms with Gasteiger partial charge in [-0.2, -0.15) is 0 Å². The molecule has 3 heteroatoms. The lowest BCUT2D eigenvalue weighted by Gasteiger charge is -2.12. The van der Waals surface area contributed by atoms with Gasteiger partial charge in [0.2, 0.25) is 0 Å². The van der Waals surface area contributed by atoms with Gasteiger partial charge in [-0.05, 0) is 30.5 Å². The topological polar surface area (TPSA) is 47.3 Å². The molecule has 1 fully saturated rings. The molecule has 0 atom stereocenters. The molecule has 0 heterocycles. The first-order valence-electron chi connectivity index (χ1n) is 6.53. The highest BCUT2D eigenvalue weighted by atomic mass is 16.5. The van der Waals surface area contributed by atoms with Crippen LogP contribution in [0, 0.1) is 0 Å². The number of hydrogen-bond acceptors (Lipinski definition) is 3. The molecular formula is C14H22N2O. The van der Waals surface area contributed by atoms with Crippen LogP contribution < -0.4 is 15.8 Å². The Morgan fingerprint density at radius 3 is 2.88 bits per heavy atom. The molecule has 1 aliphatic rings. The van der Waals surface area contributed by atoms with E-state index in [9.17, 15) is 0 Å². The highest BCUT2D eigenvalue weighted by molar-refractivity contribution is 5.28. The van der Waals surface area contributed by atoms with Crippen molar-refractivity contribution in [3.8, 4) is 5.75 Å². The first kappa shape index (κ1) is 12.4. The Morgan fingerprint density at radius 2 is 2.12 bits per heavy atom. The van der Waals surface area contributed by atoms with Crippen LogP contribution in [0.5, 0.6) is 5.75 Å². The number of nitrogens with one attached hydrogen (secondary N) is 1. The van der Waals surface area contributed by atoms with Gasteiger partial charge in [-0.15, -0.1) is 0 Å². The van der Waals surface area contributed by atoms with Crippen LogP contribution in [0.4, 0.5) is 0 Å². The molecule has 0 aliphatic heterocycles. The van der Waals surface area contributed by atoms with Gasteiger partial charge in [-0.1, -0.05) is 25.0 Å². The summed E-state index contributed by atoms with van der Waals surface area (Å²) in [5.41, 5.74) is 6.70. The SMILES string of the molecule is NCCOc1cccc(CNC2CCCC2)c1. The molecule has 0 amide bonds. The fraction of sp³-hybridized carbons (Fsp3) is 0.571. The quantitative estimate of drug-likeness (QED) is 0.792. The second kappa shape index (κ2) is 6.62. The summed E-state index contributed by atoms with van der Waals surface area (Å²) >= 11 is 0. The van der Waals surface area contributed by atoms with Gasteiger partial charge in [0.1, 0.15) is 12.4 Å². The zero-order valence-electron chi connectivity index (χ0n) is 10.3. The van der Waals surface area contributed by atoms with Gasteiger partial charge in [-0.25, -0.2) is 0 Å². The first-order valence-corrected chi connectivity index (χ1v) is 6.53. The van der Waals surface area contributed by atoms with E-state index >= 15 is 0 Å². The normalized spacial score (nSPS) is 16.3. The lowest BCUT2D eigenvalue weighted by atomic mass is 10.2. The van der Waals surface area contributed by atoms with E-state index in [1.165, 1.54) is 31.2 Å². The van der Waals surface area contributed by atoms with Crippen molar-refractivity contribution in [2.24, 2.45) is 5.73 Å². The van der Waals surface area contributed by atoms with E-state index < -0.39 is 0 Å². The molecular weight excluding hydrogens is 212 g/mol. The molecule has 0 bridgehead atoms. The van der Waals surface area contributed by atoms with Crippen LogP contribution in [0.15, 0.2) is 24.3 Å². The average molecular weight is 234 g/mol. The molecule has 17 heavy (non-hydrogen) atoms. The second-order valence-corrected chi connectivity index (χ2v) is 4.65. The van der Waals surface area contributed by atoms with E-state index in [0.717, 1.165) is 12.3 Å². The van der Waals surface area contributed by atoms with E-state index in [2.05, 4.69) is 17.4 Å². The van der Waals surface area contributed by atoms with Crippen molar-refractivity contribution in [1.82, 2.24) is 5.32 Å². The largest absolute Gasteiger partial charge is 0.492 e. The summed E-state index contributed by atoms with van der Waals surface area (Å²) in [5.74, 6) is 0.918. The monoisotopic (exact) mass is 234 g/mol. The molecule has 0 spiro atoms. The number of rotatable bonds is 6. The maximum absolute atomic E-state index is 5.51. The summed E-state index contributed by atoms with van der Waals surface area (Å²) in [6, 6.07) is 8.96. The molecule has 3 N–H and O–H groups in total. The first-order chi connectivity index (χ1) is 8.38. The Balaban J connectivity index is 1.82. The summed E-state index contributed by atoms with van der Waals surface area (Å²) in [7, 11) is 0. The third kappa shape index (κ3) is 4.02. The highest BCUT2D eigenvalue weighted by Gasteiger charge is 2.13. The predicted molar refractivity (Wildman–Crippen MR) is 70.1 cm³/mol. The van der Waals surface area contributed by atoms with Crippen LogP contribution in [-0.4, -0.2) is 19.2 Å². The van der Waals surface area contributed by atoms with Crippen molar-refractivity contribution >= 4 is 0 Å². The van der Waals surface area contributed by atoms with E-state index in [4.69, 9.17) is 10.5 Å². The molecule has 3 nitrogen and oxygen atoms in total. The van der Waals surface area contributed by atoms with E-state index in [1.807, 2.05) is 12.1 Å². The molecule has 1 aromatic rings. The van der Waals surface area contributed by atoms with Crippen molar-refractivity contribution in [1.29, 1.82) is 0 Å². The van der Waals surface area contributed by atoms with Gasteiger partial charge < -0.3 is 15.8 Å². The molecule has 0 saturated heterocycles. The van der Waals surface area contributed by atoms with Gasteiger partial charge >= 0.3 is 0 Å². The molecule has 0 radical (unpaired) electrons. The maximum Gasteiger partial charge on any atom is 0.119 e. The van der Waals surface area contributed by atoms with Gasteiger partial charge in [0.05, 0.1) is 0 Å². The minimum Gasteiger partial charge on any atom is -0.492 e. The van der Waals surface area contributed by atoms with Gasteiger partial charge in [0.25, 0.3) is 0 Å². The van der Waals surface area contributed by atoms with Crippen LogP contribution in [0.25, 0.3) is 0 Å². The van der Waals surface area contributed by atoms with Gasteiger partial charge in [-0.3, -0.25) is 0 Å². The minimum atomic E-state index is 0.560. The van der Waals surface area contributed by atoms with Crippen LogP contribution in [0.1, 0.15) is 31.2 Å². The van der Waals surface area contributed by atoms with Gasteiger partial charge in [0.15, 0.2) is 0 Å². The third-order valence-corrected chi connectivity index (χ3v) is 3.24. The second-order valence-electron chi connectivity index (χ2n) is 4.65. The Hall–Kier alpha value is -1.06. The number of nitrogens with two attached hydrogens (primary N) is 1. The Kier molecular flexibility index (Phi) is 4.83. The van der Waals surface area contributed by atoms with Gasteiger partial charge in [0, 0.05) is 19.1 Å². The molecule has 1 aromatic carbocycles. The average Bonchev–Trinajstić information content (AvgIpc) is 2.87. The molecule has 0 aromatic heterocycles. The molecule has 0 unspecified atom stereocenters. The summed E-state index contributed by atoms with van der Waals surface area (Å²) in [6.45, 7) is 2.08. The van der Waals surface area contributed by atoms with Crippen molar-refractivity contribution in [2.45, 2.75) is 38.3 Å². The lowest BCUT2D eigenvalue weighted by molar-refractivity contribution is 0.328. The smallest absolute Gasteiger partial charge is 0.119 e. The number of benzene rings is 1. The van der Waals surface area contributed by atoms with Crippen molar-refractivity contribution in [3.05, 3.63) is 29.8 Å². The minimum absolute atomic E-state index is 0.560. The lowest BCUT2D eigenvalue weighted by Crippen LogP contribution is -2.25. The molecule has 1 saturated carbocycles. The number of hydrogen-bond donors (Lipinski definition) is 2. The fourth-order valence-corrected chi connectivity index (χ4v) is 2.31. The highest BCUT2D eigenvalue weighted by Crippen LogP contribution is 2.19. The summed E-state index contributed by atoms with van der Waals surface area (Å²) in [4.78, 5) is 0.